The SMILES string of the molecule is COc1ccc(Sc2cn([C@@H]3O[C@H](CO)[C@@H](O)[C@H](O)[C@H]3O)c3cc(Cl)cc(Cl)c23)c(F)c1. The molecule has 5 atom stereocenters. The highest BCUT2D eigenvalue weighted by Crippen LogP contribution is 2.43. The second kappa shape index (κ2) is 9.36. The minimum absolute atomic E-state index is 0.298. The van der Waals surface area contributed by atoms with Gasteiger partial charge in [-0.1, -0.05) is 35.0 Å². The Kier molecular flexibility index (Phi) is 6.90. The van der Waals surface area contributed by atoms with Crippen molar-refractivity contribution in [2.75, 3.05) is 13.7 Å². The minimum Gasteiger partial charge on any atom is -0.497 e. The molecule has 4 rings (SSSR count). The molecule has 11 heteroatoms. The van der Waals surface area contributed by atoms with Crippen LogP contribution in [0.1, 0.15) is 6.23 Å². The van der Waals surface area contributed by atoms with E-state index >= 15 is 0 Å². The fourth-order valence-electron chi connectivity index (χ4n) is 3.68. The molecule has 1 fully saturated rings. The first kappa shape index (κ1) is 23.6. The van der Waals surface area contributed by atoms with Crippen molar-refractivity contribution in [1.29, 1.82) is 0 Å². The van der Waals surface area contributed by atoms with Crippen LogP contribution in [0, 0.1) is 5.82 Å². The van der Waals surface area contributed by atoms with Gasteiger partial charge in [-0.25, -0.2) is 4.39 Å². The van der Waals surface area contributed by atoms with Gasteiger partial charge in [-0.05, 0) is 24.3 Å². The van der Waals surface area contributed by atoms with Gasteiger partial charge >= 0.3 is 0 Å². The number of fused-ring (bicyclic) bond motifs is 1. The van der Waals surface area contributed by atoms with Crippen molar-refractivity contribution in [3.05, 3.63) is 52.4 Å². The molecule has 3 aromatic rings. The van der Waals surface area contributed by atoms with Crippen LogP contribution in [0.25, 0.3) is 10.9 Å². The van der Waals surface area contributed by atoms with Gasteiger partial charge < -0.3 is 34.5 Å². The molecule has 0 saturated carbocycles. The molecule has 2 heterocycles. The lowest BCUT2D eigenvalue weighted by molar-refractivity contribution is -0.250. The van der Waals surface area contributed by atoms with Crippen molar-refractivity contribution >= 4 is 45.9 Å². The van der Waals surface area contributed by atoms with E-state index in [-0.39, 0.29) is 0 Å². The van der Waals surface area contributed by atoms with E-state index in [2.05, 4.69) is 0 Å². The molecule has 7 nitrogen and oxygen atoms in total. The number of methoxy groups -OCH3 is 1. The summed E-state index contributed by atoms with van der Waals surface area (Å²) in [5.41, 5.74) is 0.461. The highest BCUT2D eigenvalue weighted by Gasteiger charge is 2.44. The molecule has 0 unspecified atom stereocenters. The standard InChI is InChI=1S/C21H20Cl2FNO6S/c1-30-10-2-3-15(12(24)6-10)32-16-7-25(13-5-9(22)4-11(23)17(13)16)21-20(29)19(28)18(27)14(8-26)31-21/h2-7,14,18-21,26-29H,8H2,1H3/t14-,18-,19+,20-,21-/m1/s1. The topological polar surface area (TPSA) is 104 Å². The van der Waals surface area contributed by atoms with Gasteiger partial charge in [-0.2, -0.15) is 0 Å². The summed E-state index contributed by atoms with van der Waals surface area (Å²) in [7, 11) is 1.44. The molecule has 1 aromatic heterocycles. The van der Waals surface area contributed by atoms with E-state index in [1.165, 1.54) is 23.8 Å². The lowest BCUT2D eigenvalue weighted by Gasteiger charge is -2.40. The van der Waals surface area contributed by atoms with E-state index < -0.39 is 43.1 Å². The van der Waals surface area contributed by atoms with E-state index in [1.54, 1.807) is 24.4 Å². The highest BCUT2D eigenvalue weighted by molar-refractivity contribution is 7.99. The average molecular weight is 504 g/mol. The van der Waals surface area contributed by atoms with Crippen LogP contribution in [0.5, 0.6) is 5.75 Å². The zero-order valence-corrected chi connectivity index (χ0v) is 19.0. The number of halogens is 3. The van der Waals surface area contributed by atoms with E-state index in [4.69, 9.17) is 32.7 Å². The van der Waals surface area contributed by atoms with Crippen molar-refractivity contribution in [3.8, 4) is 5.75 Å². The van der Waals surface area contributed by atoms with Gasteiger partial charge in [0, 0.05) is 32.5 Å². The predicted octanol–water partition coefficient (Wildman–Crippen LogP) is 3.22. The monoisotopic (exact) mass is 503 g/mol. The Bertz CT molecular complexity index is 1140. The Morgan fingerprint density at radius 1 is 1.09 bits per heavy atom. The predicted molar refractivity (Wildman–Crippen MR) is 118 cm³/mol. The number of rotatable bonds is 5. The smallest absolute Gasteiger partial charge is 0.163 e. The lowest BCUT2D eigenvalue weighted by atomic mass is 9.98. The lowest BCUT2D eigenvalue weighted by Crippen LogP contribution is -2.56. The van der Waals surface area contributed by atoms with E-state index in [1.807, 2.05) is 0 Å². The first-order chi connectivity index (χ1) is 15.2. The maximum Gasteiger partial charge on any atom is 0.163 e. The van der Waals surface area contributed by atoms with Crippen LogP contribution in [0.2, 0.25) is 10.0 Å². The maximum atomic E-state index is 14.6. The van der Waals surface area contributed by atoms with Crippen LogP contribution >= 0.6 is 35.0 Å². The molecule has 1 aliphatic heterocycles. The minimum atomic E-state index is -1.56. The van der Waals surface area contributed by atoms with E-state index in [0.717, 1.165) is 11.8 Å². The molecule has 4 N–H and O–H groups in total. The molecule has 1 saturated heterocycles. The number of aliphatic hydroxyl groups excluding tert-OH is 4. The van der Waals surface area contributed by atoms with Crippen molar-refractivity contribution in [1.82, 2.24) is 4.57 Å². The molecule has 32 heavy (non-hydrogen) atoms. The molecular weight excluding hydrogens is 484 g/mol. The summed E-state index contributed by atoms with van der Waals surface area (Å²) in [5.74, 6) is -0.117. The molecule has 0 amide bonds. The molecule has 0 radical (unpaired) electrons. The quantitative estimate of drug-likeness (QED) is 0.423. The van der Waals surface area contributed by atoms with Gasteiger partial charge in [0.1, 0.15) is 36.0 Å². The van der Waals surface area contributed by atoms with Gasteiger partial charge in [0.2, 0.25) is 0 Å². The third-order valence-electron chi connectivity index (χ3n) is 5.32. The molecule has 0 spiro atoms. The first-order valence-electron chi connectivity index (χ1n) is 9.56. The first-order valence-corrected chi connectivity index (χ1v) is 11.1. The average Bonchev–Trinajstić information content (AvgIpc) is 3.11. The molecular formula is C21H20Cl2FNO6S. The third kappa shape index (κ3) is 4.20. The van der Waals surface area contributed by atoms with Crippen LogP contribution in [0.3, 0.4) is 0 Å². The van der Waals surface area contributed by atoms with E-state index in [9.17, 15) is 24.8 Å². The number of hydrogen-bond donors (Lipinski definition) is 4. The normalized spacial score (nSPS) is 25.9. The van der Waals surface area contributed by atoms with E-state index in [0.29, 0.717) is 36.5 Å². The number of hydrogen-bond acceptors (Lipinski definition) is 7. The number of aromatic nitrogens is 1. The Morgan fingerprint density at radius 2 is 1.84 bits per heavy atom. The molecule has 0 aliphatic carbocycles. The van der Waals surface area contributed by atoms with Crippen LogP contribution < -0.4 is 4.74 Å². The zero-order valence-electron chi connectivity index (χ0n) is 16.7. The Morgan fingerprint density at radius 3 is 2.50 bits per heavy atom. The zero-order chi connectivity index (χ0) is 23.2. The molecule has 1 aliphatic rings. The number of aliphatic hydroxyl groups is 4. The van der Waals surface area contributed by atoms with Crippen LogP contribution in [-0.2, 0) is 4.74 Å². The maximum absolute atomic E-state index is 14.6. The molecule has 0 bridgehead atoms. The third-order valence-corrected chi connectivity index (χ3v) is 6.91. The fourth-order valence-corrected chi connectivity index (χ4v) is 5.33. The largest absolute Gasteiger partial charge is 0.497 e. The Balaban J connectivity index is 1.83. The summed E-state index contributed by atoms with van der Waals surface area (Å²) in [4.78, 5) is 0.854. The highest BCUT2D eigenvalue weighted by atomic mass is 35.5. The molecule has 2 aromatic carbocycles. The van der Waals surface area contributed by atoms with Crippen LogP contribution in [-0.4, -0.2) is 63.1 Å². The summed E-state index contributed by atoms with van der Waals surface area (Å²) in [6, 6.07) is 7.59. The Hall–Kier alpha value is -1.56. The summed E-state index contributed by atoms with van der Waals surface area (Å²) in [6.07, 6.45) is -5.25. The van der Waals surface area contributed by atoms with Gasteiger partial charge in [-0.3, -0.25) is 0 Å². The van der Waals surface area contributed by atoms with Gasteiger partial charge in [-0.15, -0.1) is 0 Å². The summed E-state index contributed by atoms with van der Waals surface area (Å²) >= 11 is 13.8. The fraction of sp³-hybridized carbons (Fsp3) is 0.333. The van der Waals surface area contributed by atoms with Crippen LogP contribution in [0.4, 0.5) is 4.39 Å². The second-order valence-electron chi connectivity index (χ2n) is 7.30. The summed E-state index contributed by atoms with van der Waals surface area (Å²) < 4.78 is 26.8. The van der Waals surface area contributed by atoms with Crippen molar-refractivity contribution in [3.63, 3.8) is 0 Å². The van der Waals surface area contributed by atoms with Crippen LogP contribution in [0.15, 0.2) is 46.3 Å². The van der Waals surface area contributed by atoms with Crippen molar-refractivity contribution in [2.24, 2.45) is 0 Å². The number of ether oxygens (including phenoxy) is 2. The molecule has 172 valence electrons. The number of benzene rings is 2. The summed E-state index contributed by atoms with van der Waals surface area (Å²) in [5, 5.41) is 41.6. The summed E-state index contributed by atoms with van der Waals surface area (Å²) in [6.45, 7) is -0.569. The van der Waals surface area contributed by atoms with Gasteiger partial charge in [0.25, 0.3) is 0 Å². The van der Waals surface area contributed by atoms with Crippen molar-refractivity contribution < 1.29 is 34.3 Å². The second-order valence-corrected chi connectivity index (χ2v) is 9.23. The number of nitrogens with zero attached hydrogens (tertiary/aromatic N) is 1. The van der Waals surface area contributed by atoms with Gasteiger partial charge in [0.15, 0.2) is 6.23 Å². The van der Waals surface area contributed by atoms with Crippen molar-refractivity contribution in [2.45, 2.75) is 40.4 Å². The van der Waals surface area contributed by atoms with Gasteiger partial charge in [0.05, 0.1) is 24.3 Å². The Labute approximate surface area is 196 Å².